The van der Waals surface area contributed by atoms with Crippen LogP contribution in [0, 0.1) is 6.92 Å². The summed E-state index contributed by atoms with van der Waals surface area (Å²) in [5.74, 6) is 0. The number of H-pyrrole nitrogens is 1. The molecule has 0 fully saturated rings. The minimum absolute atomic E-state index is 0.138. The van der Waals surface area contributed by atoms with Gasteiger partial charge in [-0.2, -0.15) is 5.10 Å². The minimum atomic E-state index is -0.138. The Labute approximate surface area is 83.0 Å². The van der Waals surface area contributed by atoms with Crippen molar-refractivity contribution in [2.24, 2.45) is 5.73 Å². The molecule has 1 aromatic heterocycles. The molecule has 72 valence electrons. The van der Waals surface area contributed by atoms with Crippen LogP contribution in [0.4, 0.5) is 0 Å². The molecule has 2 aromatic rings. The topological polar surface area (TPSA) is 54.7 Å². The average Bonchev–Trinajstić information content (AvgIpc) is 2.65. The lowest BCUT2D eigenvalue weighted by molar-refractivity contribution is 0.815. The molecule has 0 aliphatic carbocycles. The Morgan fingerprint density at radius 3 is 2.57 bits per heavy atom. The van der Waals surface area contributed by atoms with Crippen LogP contribution in [0.3, 0.4) is 0 Å². The molecule has 0 bridgehead atoms. The fourth-order valence-electron chi connectivity index (χ4n) is 1.43. The number of aryl methyl sites for hydroxylation is 1. The monoisotopic (exact) mass is 187 g/mol. The summed E-state index contributed by atoms with van der Waals surface area (Å²) in [5, 5.41) is 7.03. The van der Waals surface area contributed by atoms with Crippen LogP contribution in [0.2, 0.25) is 0 Å². The molecule has 0 saturated carbocycles. The molecule has 1 heterocycles. The zero-order valence-electron chi connectivity index (χ0n) is 8.07. The zero-order chi connectivity index (χ0) is 9.97. The van der Waals surface area contributed by atoms with E-state index in [1.165, 1.54) is 0 Å². The SMILES string of the molecule is Cc1cc(C(N)c2ccccc2)n[nH]1. The lowest BCUT2D eigenvalue weighted by atomic mass is 10.1. The van der Waals surface area contributed by atoms with E-state index in [0.29, 0.717) is 0 Å². The molecule has 3 nitrogen and oxygen atoms in total. The lowest BCUT2D eigenvalue weighted by Crippen LogP contribution is -2.11. The molecule has 3 N–H and O–H groups in total. The van der Waals surface area contributed by atoms with E-state index < -0.39 is 0 Å². The van der Waals surface area contributed by atoms with Crippen molar-refractivity contribution >= 4 is 0 Å². The highest BCUT2D eigenvalue weighted by molar-refractivity contribution is 5.27. The Morgan fingerprint density at radius 2 is 2.00 bits per heavy atom. The smallest absolute Gasteiger partial charge is 0.0837 e. The van der Waals surface area contributed by atoms with Crippen LogP contribution < -0.4 is 5.73 Å². The molecular formula is C11H13N3. The van der Waals surface area contributed by atoms with Crippen LogP contribution in [-0.4, -0.2) is 10.2 Å². The van der Waals surface area contributed by atoms with Crippen LogP contribution in [0.25, 0.3) is 0 Å². The van der Waals surface area contributed by atoms with Crippen molar-refractivity contribution in [1.82, 2.24) is 10.2 Å². The van der Waals surface area contributed by atoms with E-state index in [4.69, 9.17) is 5.73 Å². The van der Waals surface area contributed by atoms with Gasteiger partial charge in [0.25, 0.3) is 0 Å². The third-order valence-corrected chi connectivity index (χ3v) is 2.20. The van der Waals surface area contributed by atoms with Gasteiger partial charge in [-0.05, 0) is 18.6 Å². The van der Waals surface area contributed by atoms with Gasteiger partial charge in [0.1, 0.15) is 0 Å². The fraction of sp³-hybridized carbons (Fsp3) is 0.182. The van der Waals surface area contributed by atoms with Gasteiger partial charge in [-0.25, -0.2) is 0 Å². The van der Waals surface area contributed by atoms with Crippen molar-refractivity contribution in [3.05, 3.63) is 53.3 Å². The number of aromatic amines is 1. The Balaban J connectivity index is 2.29. The molecule has 1 aromatic carbocycles. The predicted octanol–water partition coefficient (Wildman–Crippen LogP) is 1.77. The second kappa shape index (κ2) is 3.64. The van der Waals surface area contributed by atoms with E-state index in [2.05, 4.69) is 10.2 Å². The molecule has 0 spiro atoms. The van der Waals surface area contributed by atoms with Crippen molar-refractivity contribution in [2.75, 3.05) is 0 Å². The maximum Gasteiger partial charge on any atom is 0.0837 e. The summed E-state index contributed by atoms with van der Waals surface area (Å²) >= 11 is 0. The number of hydrogen-bond acceptors (Lipinski definition) is 2. The van der Waals surface area contributed by atoms with E-state index in [0.717, 1.165) is 17.0 Å². The molecule has 0 aliphatic rings. The largest absolute Gasteiger partial charge is 0.319 e. The highest BCUT2D eigenvalue weighted by atomic mass is 15.1. The lowest BCUT2D eigenvalue weighted by Gasteiger charge is -2.07. The van der Waals surface area contributed by atoms with E-state index in [9.17, 15) is 0 Å². The number of nitrogens with one attached hydrogen (secondary N) is 1. The minimum Gasteiger partial charge on any atom is -0.319 e. The second-order valence-corrected chi connectivity index (χ2v) is 3.36. The number of benzene rings is 1. The molecule has 3 heteroatoms. The van der Waals surface area contributed by atoms with Gasteiger partial charge < -0.3 is 5.73 Å². The van der Waals surface area contributed by atoms with Crippen molar-refractivity contribution in [1.29, 1.82) is 0 Å². The quantitative estimate of drug-likeness (QED) is 0.752. The van der Waals surface area contributed by atoms with Gasteiger partial charge in [-0.1, -0.05) is 30.3 Å². The van der Waals surface area contributed by atoms with E-state index >= 15 is 0 Å². The Morgan fingerprint density at radius 1 is 1.29 bits per heavy atom. The average molecular weight is 187 g/mol. The number of nitrogens with zero attached hydrogens (tertiary/aromatic N) is 1. The van der Waals surface area contributed by atoms with Gasteiger partial charge in [-0.3, -0.25) is 5.10 Å². The normalized spacial score (nSPS) is 12.7. The maximum atomic E-state index is 6.05. The third-order valence-electron chi connectivity index (χ3n) is 2.20. The van der Waals surface area contributed by atoms with Gasteiger partial charge in [0, 0.05) is 5.69 Å². The van der Waals surface area contributed by atoms with Crippen molar-refractivity contribution in [2.45, 2.75) is 13.0 Å². The van der Waals surface area contributed by atoms with Crippen molar-refractivity contribution < 1.29 is 0 Å². The van der Waals surface area contributed by atoms with Gasteiger partial charge in [0.15, 0.2) is 0 Å². The van der Waals surface area contributed by atoms with Crippen LogP contribution in [0.1, 0.15) is 23.0 Å². The summed E-state index contributed by atoms with van der Waals surface area (Å²) in [6.45, 7) is 1.97. The number of nitrogens with two attached hydrogens (primary N) is 1. The number of rotatable bonds is 2. The molecule has 0 amide bonds. The standard InChI is InChI=1S/C11H13N3/c1-8-7-10(14-13-8)11(12)9-5-3-2-4-6-9/h2-7,11H,12H2,1H3,(H,13,14). The fourth-order valence-corrected chi connectivity index (χ4v) is 1.43. The summed E-state index contributed by atoms with van der Waals surface area (Å²) in [4.78, 5) is 0. The first-order valence-corrected chi connectivity index (χ1v) is 4.60. The van der Waals surface area contributed by atoms with E-state index in [1.54, 1.807) is 0 Å². The first-order valence-electron chi connectivity index (χ1n) is 4.60. The molecular weight excluding hydrogens is 174 g/mol. The Kier molecular flexibility index (Phi) is 2.33. The molecule has 14 heavy (non-hydrogen) atoms. The van der Waals surface area contributed by atoms with Gasteiger partial charge in [0.05, 0.1) is 11.7 Å². The molecule has 1 unspecified atom stereocenters. The molecule has 1 atom stereocenters. The summed E-state index contributed by atoms with van der Waals surface area (Å²) in [6.07, 6.45) is 0. The summed E-state index contributed by atoms with van der Waals surface area (Å²) in [6, 6.07) is 11.8. The van der Waals surface area contributed by atoms with Crippen LogP contribution >= 0.6 is 0 Å². The number of hydrogen-bond donors (Lipinski definition) is 2. The third kappa shape index (κ3) is 1.67. The zero-order valence-corrected chi connectivity index (χ0v) is 8.07. The second-order valence-electron chi connectivity index (χ2n) is 3.36. The first-order chi connectivity index (χ1) is 6.77. The van der Waals surface area contributed by atoms with Crippen molar-refractivity contribution in [3.63, 3.8) is 0 Å². The van der Waals surface area contributed by atoms with Gasteiger partial charge in [-0.15, -0.1) is 0 Å². The molecule has 2 rings (SSSR count). The molecule has 0 radical (unpaired) electrons. The van der Waals surface area contributed by atoms with Crippen molar-refractivity contribution in [3.8, 4) is 0 Å². The number of aromatic nitrogens is 2. The maximum absolute atomic E-state index is 6.05. The summed E-state index contributed by atoms with van der Waals surface area (Å²) in [7, 11) is 0. The van der Waals surface area contributed by atoms with E-state index in [1.807, 2.05) is 43.3 Å². The van der Waals surface area contributed by atoms with Crippen LogP contribution in [0.15, 0.2) is 36.4 Å². The highest BCUT2D eigenvalue weighted by Gasteiger charge is 2.10. The predicted molar refractivity (Wildman–Crippen MR) is 55.8 cm³/mol. The highest BCUT2D eigenvalue weighted by Crippen LogP contribution is 2.17. The van der Waals surface area contributed by atoms with Gasteiger partial charge >= 0.3 is 0 Å². The Hall–Kier alpha value is -1.61. The molecule has 0 aliphatic heterocycles. The van der Waals surface area contributed by atoms with E-state index in [-0.39, 0.29) is 6.04 Å². The van der Waals surface area contributed by atoms with Crippen LogP contribution in [-0.2, 0) is 0 Å². The Bertz CT molecular complexity index is 405. The van der Waals surface area contributed by atoms with Gasteiger partial charge in [0.2, 0.25) is 0 Å². The first kappa shape index (κ1) is 8.97. The summed E-state index contributed by atoms with van der Waals surface area (Å²) in [5.41, 5.74) is 9.05. The van der Waals surface area contributed by atoms with Crippen LogP contribution in [0.5, 0.6) is 0 Å². The summed E-state index contributed by atoms with van der Waals surface area (Å²) < 4.78 is 0. The molecule has 0 saturated heterocycles.